The van der Waals surface area contributed by atoms with Gasteiger partial charge in [-0.2, -0.15) is 4.98 Å². The molecule has 0 unspecified atom stereocenters. The van der Waals surface area contributed by atoms with E-state index in [1.54, 1.807) is 37.4 Å². The van der Waals surface area contributed by atoms with Crippen molar-refractivity contribution in [2.75, 3.05) is 17.2 Å². The molecule has 2 aromatic heterocycles. The van der Waals surface area contributed by atoms with Gasteiger partial charge in [-0.25, -0.2) is 9.31 Å². The molecule has 0 bridgehead atoms. The molecule has 2 heterocycles. The molecule has 0 saturated heterocycles. The Morgan fingerprint density at radius 1 is 1.03 bits per heavy atom. The summed E-state index contributed by atoms with van der Waals surface area (Å²) in [6, 6.07) is 12.8. The summed E-state index contributed by atoms with van der Waals surface area (Å²) in [7, 11) is 0. The van der Waals surface area contributed by atoms with E-state index in [2.05, 4.69) is 26.0 Å². The highest BCUT2D eigenvalue weighted by molar-refractivity contribution is 5.94. The van der Waals surface area contributed by atoms with Crippen molar-refractivity contribution >= 4 is 35.2 Å². The van der Waals surface area contributed by atoms with Crippen molar-refractivity contribution in [3.63, 3.8) is 0 Å². The lowest BCUT2D eigenvalue weighted by Crippen LogP contribution is -2.37. The number of nitrogens with zero attached hydrogens (tertiary/aromatic N) is 3. The second-order valence-corrected chi connectivity index (χ2v) is 8.86. The Hall–Kier alpha value is -3.95. The molecule has 1 fully saturated rings. The van der Waals surface area contributed by atoms with E-state index in [9.17, 15) is 14.4 Å². The minimum atomic E-state index is -0.651. The Balaban J connectivity index is 0.00000167. The van der Waals surface area contributed by atoms with E-state index < -0.39 is 11.7 Å². The van der Waals surface area contributed by atoms with Gasteiger partial charge in [0.15, 0.2) is 5.65 Å². The smallest absolute Gasteiger partial charge is 0.408 e. The predicted octanol–water partition coefficient (Wildman–Crippen LogP) is 4.23. The minimum absolute atomic E-state index is 0.0475. The first kappa shape index (κ1) is 25.7. The number of pyridine rings is 1. The molecule has 0 atom stereocenters. The van der Waals surface area contributed by atoms with Gasteiger partial charge in [0.1, 0.15) is 12.1 Å². The molecule has 3 aromatic rings. The van der Waals surface area contributed by atoms with E-state index in [1.165, 1.54) is 0 Å². The fraction of sp³-hybridized carbons (Fsp3) is 0.400. The van der Waals surface area contributed by atoms with Crippen LogP contribution < -0.4 is 16.0 Å². The van der Waals surface area contributed by atoms with Gasteiger partial charge < -0.3 is 15.4 Å². The fourth-order valence-corrected chi connectivity index (χ4v) is 3.13. The predicted molar refractivity (Wildman–Crippen MR) is 134 cm³/mol. The van der Waals surface area contributed by atoms with Crippen molar-refractivity contribution in [1.82, 2.24) is 19.9 Å². The topological polar surface area (TPSA) is 127 Å². The summed E-state index contributed by atoms with van der Waals surface area (Å²) < 4.78 is 6.78. The van der Waals surface area contributed by atoms with Crippen LogP contribution in [0.4, 0.5) is 16.4 Å². The van der Waals surface area contributed by atoms with Gasteiger partial charge in [-0.1, -0.05) is 32.0 Å². The van der Waals surface area contributed by atoms with Gasteiger partial charge in [0, 0.05) is 17.2 Å². The molecule has 4 rings (SSSR count). The Labute approximate surface area is 204 Å². The number of alkyl carbamates (subject to hydrolysis) is 1. The van der Waals surface area contributed by atoms with E-state index in [-0.39, 0.29) is 30.2 Å². The van der Waals surface area contributed by atoms with Gasteiger partial charge in [-0.3, -0.25) is 14.9 Å². The van der Waals surface area contributed by atoms with Crippen LogP contribution in [0, 0.1) is 5.92 Å². The first-order valence-electron chi connectivity index (χ1n) is 11.7. The number of hydrogen-bond acceptors (Lipinski definition) is 6. The Kier molecular flexibility index (Phi) is 8.06. The van der Waals surface area contributed by atoms with E-state index >= 15 is 0 Å². The number of hydrogen-bond donors (Lipinski definition) is 3. The van der Waals surface area contributed by atoms with Gasteiger partial charge in [0.05, 0.1) is 5.69 Å². The third-order valence-corrected chi connectivity index (χ3v) is 4.80. The maximum Gasteiger partial charge on any atom is 0.408 e. The van der Waals surface area contributed by atoms with Crippen LogP contribution in [0.15, 0.2) is 42.5 Å². The molecule has 10 nitrogen and oxygen atoms in total. The van der Waals surface area contributed by atoms with Crippen LogP contribution in [0.2, 0.25) is 0 Å². The maximum absolute atomic E-state index is 12.1. The summed E-state index contributed by atoms with van der Waals surface area (Å²) >= 11 is 0. The number of anilines is 2. The molecule has 1 aliphatic rings. The Bertz CT molecular complexity index is 1190. The van der Waals surface area contributed by atoms with E-state index in [4.69, 9.17) is 4.74 Å². The SMILES string of the molecule is CC.CC(C)(C)OC(=O)NCC(=O)Nc1ccc(-c2cccc3nc(NC(=O)C4CC4)nn23)cc1. The third kappa shape index (κ3) is 7.26. The fourth-order valence-electron chi connectivity index (χ4n) is 3.13. The molecule has 0 aliphatic heterocycles. The third-order valence-electron chi connectivity index (χ3n) is 4.80. The lowest BCUT2D eigenvalue weighted by atomic mass is 10.1. The summed E-state index contributed by atoms with van der Waals surface area (Å²) in [5.74, 6) is -0.0735. The molecule has 1 aliphatic carbocycles. The lowest BCUT2D eigenvalue weighted by molar-refractivity contribution is -0.117. The van der Waals surface area contributed by atoms with E-state index in [1.807, 2.05) is 44.2 Å². The van der Waals surface area contributed by atoms with Crippen molar-refractivity contribution in [2.45, 2.75) is 53.1 Å². The van der Waals surface area contributed by atoms with Crippen LogP contribution in [0.1, 0.15) is 47.5 Å². The zero-order valence-electron chi connectivity index (χ0n) is 20.7. The zero-order chi connectivity index (χ0) is 25.6. The van der Waals surface area contributed by atoms with Gasteiger partial charge >= 0.3 is 6.09 Å². The second kappa shape index (κ2) is 11.0. The molecule has 1 saturated carbocycles. The van der Waals surface area contributed by atoms with Crippen LogP contribution in [0.25, 0.3) is 16.9 Å². The molecule has 0 radical (unpaired) electrons. The van der Waals surface area contributed by atoms with Gasteiger partial charge in [0.25, 0.3) is 0 Å². The summed E-state index contributed by atoms with van der Waals surface area (Å²) in [5, 5.41) is 12.3. The minimum Gasteiger partial charge on any atom is -0.444 e. The summed E-state index contributed by atoms with van der Waals surface area (Å²) in [5.41, 5.74) is 2.21. The highest BCUT2D eigenvalue weighted by Crippen LogP contribution is 2.30. The van der Waals surface area contributed by atoms with Crippen LogP contribution in [0.3, 0.4) is 0 Å². The van der Waals surface area contributed by atoms with Crippen molar-refractivity contribution < 1.29 is 19.1 Å². The van der Waals surface area contributed by atoms with Crippen molar-refractivity contribution in [1.29, 1.82) is 0 Å². The standard InChI is InChI=1S/C23H26N6O4.C2H6/c1-23(2,3)33-22(32)24-13-19(30)25-16-11-9-14(10-12-16)17-5-4-6-18-26-21(28-29(17)18)27-20(31)15-7-8-15;1-2/h4-6,9-12,15H,7-8,13H2,1-3H3,(H,24,32)(H,25,30)(H,27,28,31);1-2H3. The largest absolute Gasteiger partial charge is 0.444 e. The molecule has 35 heavy (non-hydrogen) atoms. The molecule has 0 spiro atoms. The molecular weight excluding hydrogens is 448 g/mol. The van der Waals surface area contributed by atoms with Gasteiger partial charge in [-0.15, -0.1) is 5.10 Å². The monoisotopic (exact) mass is 480 g/mol. The number of aromatic nitrogens is 3. The number of carbonyl (C=O) groups excluding carboxylic acids is 3. The summed E-state index contributed by atoms with van der Waals surface area (Å²) in [4.78, 5) is 40.2. The molecule has 1 aromatic carbocycles. The van der Waals surface area contributed by atoms with E-state index in [0.29, 0.717) is 11.3 Å². The van der Waals surface area contributed by atoms with Gasteiger partial charge in [-0.05, 0) is 57.9 Å². The highest BCUT2D eigenvalue weighted by Gasteiger charge is 2.30. The van der Waals surface area contributed by atoms with Crippen LogP contribution in [0.5, 0.6) is 0 Å². The Morgan fingerprint density at radius 3 is 2.34 bits per heavy atom. The molecule has 10 heteroatoms. The normalized spacial score (nSPS) is 12.8. The van der Waals surface area contributed by atoms with Crippen molar-refractivity contribution in [2.24, 2.45) is 5.92 Å². The molecule has 3 amide bonds. The highest BCUT2D eigenvalue weighted by atomic mass is 16.6. The average Bonchev–Trinajstić information content (AvgIpc) is 3.58. The number of nitrogens with one attached hydrogen (secondary N) is 3. The maximum atomic E-state index is 12.1. The zero-order valence-corrected chi connectivity index (χ0v) is 20.7. The first-order chi connectivity index (χ1) is 16.7. The Morgan fingerprint density at radius 2 is 1.71 bits per heavy atom. The van der Waals surface area contributed by atoms with Gasteiger partial charge in [0.2, 0.25) is 17.8 Å². The van der Waals surface area contributed by atoms with E-state index in [0.717, 1.165) is 24.1 Å². The summed E-state index contributed by atoms with van der Waals surface area (Å²) in [6.07, 6.45) is 1.16. The number of ether oxygens (including phenoxy) is 1. The van der Waals surface area contributed by atoms with Crippen LogP contribution in [-0.2, 0) is 14.3 Å². The van der Waals surface area contributed by atoms with Crippen molar-refractivity contribution in [3.05, 3.63) is 42.5 Å². The number of amides is 3. The second-order valence-electron chi connectivity index (χ2n) is 8.86. The first-order valence-corrected chi connectivity index (χ1v) is 11.7. The number of rotatable bonds is 6. The number of fused-ring (bicyclic) bond motifs is 1. The van der Waals surface area contributed by atoms with Crippen LogP contribution in [-0.4, -0.2) is 44.7 Å². The number of carbonyl (C=O) groups is 3. The molecule has 186 valence electrons. The number of benzene rings is 1. The van der Waals surface area contributed by atoms with Crippen molar-refractivity contribution in [3.8, 4) is 11.3 Å². The quantitative estimate of drug-likeness (QED) is 0.484. The van der Waals surface area contributed by atoms with Crippen LogP contribution >= 0.6 is 0 Å². The molecular formula is C25H32N6O4. The average molecular weight is 481 g/mol. The summed E-state index contributed by atoms with van der Waals surface area (Å²) in [6.45, 7) is 9.04. The molecule has 3 N–H and O–H groups in total. The lowest BCUT2D eigenvalue weighted by Gasteiger charge is -2.19.